The van der Waals surface area contributed by atoms with Gasteiger partial charge < -0.3 is 13.9 Å². The first-order valence-electron chi connectivity index (χ1n) is 9.31. The molecule has 0 unspecified atom stereocenters. The molecule has 0 bridgehead atoms. The molecule has 2 aromatic heterocycles. The number of furan rings is 1. The molecule has 5 aromatic rings. The minimum absolute atomic E-state index is 0.0708. The van der Waals surface area contributed by atoms with E-state index >= 15 is 0 Å². The van der Waals surface area contributed by atoms with E-state index in [0.717, 1.165) is 0 Å². The van der Waals surface area contributed by atoms with Crippen molar-refractivity contribution in [1.82, 2.24) is 0 Å². The standard InChI is InChI=1S/C24H11Cl3O5/c25-12-3-1-11(2-4-12)19-20-22(16-10-14(27)6-8-18(16)31-24(20)30)32-23(19)21(29)15-9-13(26)5-7-17(15)28/h1-10,28H. The van der Waals surface area contributed by atoms with Crippen LogP contribution in [0.1, 0.15) is 16.1 Å². The van der Waals surface area contributed by atoms with E-state index in [0.29, 0.717) is 21.0 Å². The average Bonchev–Trinajstić information content (AvgIpc) is 3.18. The van der Waals surface area contributed by atoms with Gasteiger partial charge in [-0.05, 0) is 54.1 Å². The van der Waals surface area contributed by atoms with E-state index in [1.807, 2.05) is 0 Å². The van der Waals surface area contributed by atoms with Crippen LogP contribution in [0.4, 0.5) is 0 Å². The maximum atomic E-state index is 13.5. The number of hydrogen-bond acceptors (Lipinski definition) is 5. The number of halogens is 3. The van der Waals surface area contributed by atoms with Crippen molar-refractivity contribution >= 4 is 62.5 Å². The Hall–Kier alpha value is -3.25. The van der Waals surface area contributed by atoms with Gasteiger partial charge in [-0.3, -0.25) is 4.79 Å². The predicted octanol–water partition coefficient (Wildman–Crippen LogP) is 7.10. The summed E-state index contributed by atoms with van der Waals surface area (Å²) in [7, 11) is 0. The van der Waals surface area contributed by atoms with Gasteiger partial charge >= 0.3 is 5.63 Å². The van der Waals surface area contributed by atoms with Crippen molar-refractivity contribution in [1.29, 1.82) is 0 Å². The number of phenolic OH excluding ortho intramolecular Hbond substituents is 1. The number of carbonyl (C=O) groups is 1. The minimum atomic E-state index is -0.683. The molecule has 0 saturated heterocycles. The van der Waals surface area contributed by atoms with Gasteiger partial charge in [-0.2, -0.15) is 0 Å². The summed E-state index contributed by atoms with van der Waals surface area (Å²) in [6, 6.07) is 15.4. The molecule has 8 heteroatoms. The maximum Gasteiger partial charge on any atom is 0.348 e. The van der Waals surface area contributed by atoms with Crippen molar-refractivity contribution < 1.29 is 18.7 Å². The first kappa shape index (κ1) is 20.6. The monoisotopic (exact) mass is 484 g/mol. The van der Waals surface area contributed by atoms with E-state index in [1.165, 1.54) is 18.2 Å². The highest BCUT2D eigenvalue weighted by atomic mass is 35.5. The molecule has 0 saturated carbocycles. The average molecular weight is 486 g/mol. The summed E-state index contributed by atoms with van der Waals surface area (Å²) in [5.74, 6) is -1.08. The lowest BCUT2D eigenvalue weighted by atomic mass is 9.98. The fourth-order valence-corrected chi connectivity index (χ4v) is 4.07. The first-order chi connectivity index (χ1) is 15.3. The van der Waals surface area contributed by atoms with Crippen LogP contribution in [-0.2, 0) is 0 Å². The normalized spacial score (nSPS) is 11.3. The molecule has 0 aliphatic rings. The SMILES string of the molecule is O=C(c1cc(Cl)ccc1O)c1oc2c(c1-c1ccc(Cl)cc1)c(=O)oc1ccc(Cl)cc12. The zero-order chi connectivity index (χ0) is 22.6. The Morgan fingerprint density at radius 1 is 0.812 bits per heavy atom. The molecule has 0 aliphatic carbocycles. The molecule has 0 radical (unpaired) electrons. The van der Waals surface area contributed by atoms with Crippen molar-refractivity contribution in [2.24, 2.45) is 0 Å². The molecule has 0 atom stereocenters. The molecule has 0 fully saturated rings. The van der Waals surface area contributed by atoms with Crippen molar-refractivity contribution in [3.8, 4) is 16.9 Å². The van der Waals surface area contributed by atoms with Crippen LogP contribution in [0.2, 0.25) is 15.1 Å². The van der Waals surface area contributed by atoms with Gasteiger partial charge in [0.1, 0.15) is 16.7 Å². The Bertz CT molecular complexity index is 1600. The number of rotatable bonds is 3. The van der Waals surface area contributed by atoms with E-state index < -0.39 is 11.4 Å². The largest absolute Gasteiger partial charge is 0.507 e. The van der Waals surface area contributed by atoms with Crippen molar-refractivity contribution in [2.75, 3.05) is 0 Å². The summed E-state index contributed by atoms with van der Waals surface area (Å²) in [6.45, 7) is 0. The highest BCUT2D eigenvalue weighted by molar-refractivity contribution is 6.32. The molecule has 5 nitrogen and oxygen atoms in total. The Kier molecular flexibility index (Phi) is 4.97. The zero-order valence-corrected chi connectivity index (χ0v) is 18.3. The molecule has 0 amide bonds. The van der Waals surface area contributed by atoms with Crippen molar-refractivity contribution in [3.05, 3.63) is 97.5 Å². The van der Waals surface area contributed by atoms with Crippen LogP contribution < -0.4 is 5.63 Å². The second kappa shape index (κ2) is 7.71. The van der Waals surface area contributed by atoms with Gasteiger partial charge in [0, 0.05) is 20.6 Å². The third-order valence-corrected chi connectivity index (χ3v) is 5.77. The van der Waals surface area contributed by atoms with E-state index in [-0.39, 0.29) is 44.2 Å². The Labute approximate surface area is 195 Å². The second-order valence-electron chi connectivity index (χ2n) is 7.04. The van der Waals surface area contributed by atoms with Crippen LogP contribution >= 0.6 is 34.8 Å². The molecule has 0 spiro atoms. The number of carbonyl (C=O) groups excluding carboxylic acids is 1. The van der Waals surface area contributed by atoms with Gasteiger partial charge in [0.2, 0.25) is 5.78 Å². The van der Waals surface area contributed by atoms with Crippen LogP contribution in [0, 0.1) is 0 Å². The van der Waals surface area contributed by atoms with Crippen molar-refractivity contribution in [3.63, 3.8) is 0 Å². The number of ketones is 1. The van der Waals surface area contributed by atoms with Crippen LogP contribution in [0.25, 0.3) is 33.1 Å². The molecular formula is C24H11Cl3O5. The molecule has 5 rings (SSSR count). The summed E-state index contributed by atoms with van der Waals surface area (Å²) in [4.78, 5) is 26.4. The van der Waals surface area contributed by atoms with E-state index in [1.54, 1.807) is 42.5 Å². The Morgan fingerprint density at radius 2 is 1.47 bits per heavy atom. The van der Waals surface area contributed by atoms with Crippen LogP contribution in [0.15, 0.2) is 74.3 Å². The highest BCUT2D eigenvalue weighted by Gasteiger charge is 2.28. The van der Waals surface area contributed by atoms with Gasteiger partial charge in [-0.15, -0.1) is 0 Å². The zero-order valence-electron chi connectivity index (χ0n) is 16.0. The smallest absolute Gasteiger partial charge is 0.348 e. The number of aromatic hydroxyl groups is 1. The molecule has 158 valence electrons. The number of hydrogen-bond donors (Lipinski definition) is 1. The second-order valence-corrected chi connectivity index (χ2v) is 8.35. The fraction of sp³-hybridized carbons (Fsp3) is 0. The maximum absolute atomic E-state index is 13.5. The van der Waals surface area contributed by atoms with Gasteiger partial charge in [-0.25, -0.2) is 4.79 Å². The first-order valence-corrected chi connectivity index (χ1v) is 10.4. The highest BCUT2D eigenvalue weighted by Crippen LogP contribution is 2.39. The summed E-state index contributed by atoms with van der Waals surface area (Å²) < 4.78 is 11.5. The molecule has 32 heavy (non-hydrogen) atoms. The van der Waals surface area contributed by atoms with E-state index in [9.17, 15) is 14.7 Å². The van der Waals surface area contributed by atoms with Crippen LogP contribution in [0.5, 0.6) is 5.75 Å². The van der Waals surface area contributed by atoms with Crippen LogP contribution in [-0.4, -0.2) is 10.9 Å². The lowest BCUT2D eigenvalue weighted by Gasteiger charge is -2.05. The van der Waals surface area contributed by atoms with Gasteiger partial charge in [0.05, 0.1) is 10.9 Å². The lowest BCUT2D eigenvalue weighted by molar-refractivity contribution is 0.101. The third kappa shape index (κ3) is 3.35. The Balaban J connectivity index is 1.91. The topological polar surface area (TPSA) is 80.6 Å². The molecule has 2 heterocycles. The van der Waals surface area contributed by atoms with Crippen LogP contribution in [0.3, 0.4) is 0 Å². The summed E-state index contributed by atoms with van der Waals surface area (Å²) in [5, 5.41) is 11.9. The molecule has 1 N–H and O–H groups in total. The number of phenols is 1. The quantitative estimate of drug-likeness (QED) is 0.218. The van der Waals surface area contributed by atoms with Gasteiger partial charge in [-0.1, -0.05) is 46.9 Å². The summed E-state index contributed by atoms with van der Waals surface area (Å²) >= 11 is 18.2. The van der Waals surface area contributed by atoms with Gasteiger partial charge in [0.15, 0.2) is 11.3 Å². The molecular weight excluding hydrogens is 475 g/mol. The summed E-state index contributed by atoms with van der Waals surface area (Å²) in [6.07, 6.45) is 0. The third-order valence-electron chi connectivity index (χ3n) is 5.04. The van der Waals surface area contributed by atoms with E-state index in [4.69, 9.17) is 43.6 Å². The van der Waals surface area contributed by atoms with Crippen molar-refractivity contribution in [2.45, 2.75) is 0 Å². The lowest BCUT2D eigenvalue weighted by Crippen LogP contribution is -2.04. The van der Waals surface area contributed by atoms with E-state index in [2.05, 4.69) is 0 Å². The Morgan fingerprint density at radius 3 is 2.22 bits per heavy atom. The number of fused-ring (bicyclic) bond motifs is 3. The summed E-state index contributed by atoms with van der Waals surface area (Å²) in [5.41, 5.74) is 0.376. The molecule has 3 aromatic carbocycles. The predicted molar refractivity (Wildman–Crippen MR) is 124 cm³/mol. The van der Waals surface area contributed by atoms with Gasteiger partial charge in [0.25, 0.3) is 0 Å². The number of benzene rings is 3. The minimum Gasteiger partial charge on any atom is -0.507 e. The molecule has 0 aliphatic heterocycles. The fourth-order valence-electron chi connectivity index (χ4n) is 3.60.